The van der Waals surface area contributed by atoms with Gasteiger partial charge in [-0.1, -0.05) is 47.5 Å². The zero-order chi connectivity index (χ0) is 25.6. The van der Waals surface area contributed by atoms with E-state index in [1.165, 1.54) is 27.8 Å². The van der Waals surface area contributed by atoms with Crippen molar-refractivity contribution in [2.24, 2.45) is 5.41 Å². The van der Waals surface area contributed by atoms with Crippen LogP contribution in [0.2, 0.25) is 0 Å². The Bertz CT molecular complexity index is 1460. The third kappa shape index (κ3) is 4.76. The summed E-state index contributed by atoms with van der Waals surface area (Å²) in [5.41, 5.74) is 1.17. The van der Waals surface area contributed by atoms with Crippen LogP contribution in [0, 0.1) is 19.3 Å². The first-order chi connectivity index (χ1) is 16.4. The summed E-state index contributed by atoms with van der Waals surface area (Å²) in [6, 6.07) is 13.2. The fourth-order valence-electron chi connectivity index (χ4n) is 4.22. The van der Waals surface area contributed by atoms with Gasteiger partial charge in [-0.15, -0.1) is 0 Å². The molecule has 0 radical (unpaired) electrons. The molecule has 1 aliphatic carbocycles. The number of allylic oxidation sites excluding steroid dienone is 2. The summed E-state index contributed by atoms with van der Waals surface area (Å²) in [5.74, 6) is -0.243. The van der Waals surface area contributed by atoms with Gasteiger partial charge in [0.2, 0.25) is 10.0 Å². The van der Waals surface area contributed by atoms with Crippen LogP contribution in [-0.4, -0.2) is 51.4 Å². The summed E-state index contributed by atoms with van der Waals surface area (Å²) in [7, 11) is -6.34. The number of hydrogen-bond donors (Lipinski definition) is 0. The molecule has 7 nitrogen and oxygen atoms in total. The van der Waals surface area contributed by atoms with Crippen LogP contribution in [-0.2, 0) is 24.8 Å². The average Bonchev–Trinajstić information content (AvgIpc) is 2.81. The Morgan fingerprint density at radius 2 is 1.34 bits per heavy atom. The molecular formula is C25H25IN2O5S2. The van der Waals surface area contributed by atoms with E-state index in [1.54, 1.807) is 60.7 Å². The number of carbonyl (C=O) groups excluding carboxylic acids is 1. The molecule has 0 amide bonds. The van der Waals surface area contributed by atoms with Crippen LogP contribution in [0.25, 0.3) is 0 Å². The van der Waals surface area contributed by atoms with Gasteiger partial charge in [-0.25, -0.2) is 16.8 Å². The lowest BCUT2D eigenvalue weighted by Crippen LogP contribution is -2.50. The van der Waals surface area contributed by atoms with Crippen LogP contribution in [0.3, 0.4) is 0 Å². The Balaban J connectivity index is 1.82. The van der Waals surface area contributed by atoms with Crippen molar-refractivity contribution in [2.75, 3.05) is 20.1 Å². The van der Waals surface area contributed by atoms with E-state index in [9.17, 15) is 21.6 Å². The average molecular weight is 625 g/mol. The molecule has 184 valence electrons. The molecule has 10 heteroatoms. The Kier molecular flexibility index (Phi) is 6.86. The number of benzene rings is 2. The third-order valence-corrected chi connectivity index (χ3v) is 10.6. The molecule has 2 aromatic rings. The number of carbonyl (C=O) groups is 1. The summed E-state index contributed by atoms with van der Waals surface area (Å²) in [6.07, 6.45) is 5.92. The predicted octanol–water partition coefficient (Wildman–Crippen LogP) is 3.96. The van der Waals surface area contributed by atoms with Crippen molar-refractivity contribution >= 4 is 48.4 Å². The van der Waals surface area contributed by atoms with Crippen molar-refractivity contribution in [1.29, 1.82) is 0 Å². The Morgan fingerprint density at radius 3 is 1.86 bits per heavy atom. The number of nitrogens with zero attached hydrogens (tertiary/aromatic N) is 2. The summed E-state index contributed by atoms with van der Waals surface area (Å²) in [5, 5.41) is 0. The normalized spacial score (nSPS) is 18.3. The Morgan fingerprint density at radius 1 is 0.857 bits per heavy atom. The van der Waals surface area contributed by atoms with Gasteiger partial charge in [0.05, 0.1) is 20.9 Å². The van der Waals surface area contributed by atoms with Gasteiger partial charge >= 0.3 is 0 Å². The molecule has 0 N–H and O–H groups in total. The minimum atomic E-state index is -3.94. The lowest BCUT2D eigenvalue weighted by atomic mass is 9.78. The molecule has 0 atom stereocenters. The molecule has 0 saturated heterocycles. The zero-order valence-corrected chi connectivity index (χ0v) is 23.3. The SMILES string of the molecule is Cc1ccc(S(=O)(=O)N2CC(I)=C(N(C)S(=O)(=O)c3ccc(C)cc3)C3(C=CC(=O)C=C3)C2)cc1. The van der Waals surface area contributed by atoms with Crippen molar-refractivity contribution in [3.05, 3.63) is 93.2 Å². The Hall–Kier alpha value is -2.28. The molecule has 1 aliphatic heterocycles. The zero-order valence-electron chi connectivity index (χ0n) is 19.5. The van der Waals surface area contributed by atoms with Gasteiger partial charge < -0.3 is 0 Å². The molecule has 0 fully saturated rings. The van der Waals surface area contributed by atoms with Gasteiger partial charge in [0.25, 0.3) is 10.0 Å². The minimum Gasteiger partial charge on any atom is -0.290 e. The van der Waals surface area contributed by atoms with E-state index < -0.39 is 25.5 Å². The molecule has 2 aliphatic rings. The minimum absolute atomic E-state index is 0.0111. The standard InChI is InChI=1S/C25H25IN2O5S2/c1-18-4-8-21(9-5-18)34(30,31)27(3)24-23(26)16-28(17-25(24)14-12-20(29)13-15-25)35(32,33)22-10-6-19(2)7-11-22/h4-15H,16-17H2,1-3H3. The highest BCUT2D eigenvalue weighted by Gasteiger charge is 2.46. The highest BCUT2D eigenvalue weighted by Crippen LogP contribution is 2.45. The highest BCUT2D eigenvalue weighted by molar-refractivity contribution is 14.1. The fourth-order valence-corrected chi connectivity index (χ4v) is 8.67. The second-order valence-electron chi connectivity index (χ2n) is 8.73. The first-order valence-electron chi connectivity index (χ1n) is 10.8. The maximum absolute atomic E-state index is 13.6. The van der Waals surface area contributed by atoms with Crippen molar-refractivity contribution < 1.29 is 21.6 Å². The van der Waals surface area contributed by atoms with Crippen molar-refractivity contribution in [1.82, 2.24) is 8.61 Å². The molecular weight excluding hydrogens is 599 g/mol. The molecule has 35 heavy (non-hydrogen) atoms. The molecule has 0 saturated carbocycles. The quantitative estimate of drug-likeness (QED) is 0.470. The largest absolute Gasteiger partial charge is 0.290 e. The number of halogens is 1. The highest BCUT2D eigenvalue weighted by atomic mass is 127. The van der Waals surface area contributed by atoms with Crippen LogP contribution in [0.4, 0.5) is 0 Å². The fraction of sp³-hybridized carbons (Fsp3) is 0.240. The van der Waals surface area contributed by atoms with E-state index in [-0.39, 0.29) is 28.7 Å². The molecule has 0 bridgehead atoms. The van der Waals surface area contributed by atoms with E-state index in [0.29, 0.717) is 9.28 Å². The van der Waals surface area contributed by atoms with Crippen LogP contribution in [0.1, 0.15) is 11.1 Å². The number of aryl methyl sites for hydroxylation is 2. The second-order valence-corrected chi connectivity index (χ2v) is 13.9. The summed E-state index contributed by atoms with van der Waals surface area (Å²) in [4.78, 5) is 12.3. The van der Waals surface area contributed by atoms with Gasteiger partial charge in [-0.3, -0.25) is 9.10 Å². The maximum atomic E-state index is 13.6. The van der Waals surface area contributed by atoms with E-state index in [4.69, 9.17) is 0 Å². The Labute approximate surface area is 220 Å². The van der Waals surface area contributed by atoms with Gasteiger partial charge in [0.15, 0.2) is 5.78 Å². The van der Waals surface area contributed by atoms with Crippen LogP contribution >= 0.6 is 22.6 Å². The monoisotopic (exact) mass is 624 g/mol. The number of sulfonamides is 2. The van der Waals surface area contributed by atoms with Crippen LogP contribution < -0.4 is 0 Å². The van der Waals surface area contributed by atoms with E-state index in [1.807, 2.05) is 36.4 Å². The third-order valence-electron chi connectivity index (χ3n) is 6.19. The first kappa shape index (κ1) is 25.8. The lowest BCUT2D eigenvalue weighted by molar-refractivity contribution is -0.110. The van der Waals surface area contributed by atoms with Crippen molar-refractivity contribution in [3.63, 3.8) is 0 Å². The topological polar surface area (TPSA) is 91.8 Å². The van der Waals surface area contributed by atoms with Gasteiger partial charge in [-0.05, 0) is 72.9 Å². The predicted molar refractivity (Wildman–Crippen MR) is 143 cm³/mol. The maximum Gasteiger partial charge on any atom is 0.263 e. The molecule has 0 unspecified atom stereocenters. The van der Waals surface area contributed by atoms with E-state index in [0.717, 1.165) is 11.1 Å². The molecule has 1 spiro atoms. The second kappa shape index (κ2) is 9.30. The number of hydrogen-bond acceptors (Lipinski definition) is 5. The molecule has 2 aromatic carbocycles. The number of rotatable bonds is 5. The number of ketones is 1. The van der Waals surface area contributed by atoms with Gasteiger partial charge in [-0.2, -0.15) is 4.31 Å². The molecule has 4 rings (SSSR count). The molecule has 1 heterocycles. The molecule has 0 aromatic heterocycles. The summed E-state index contributed by atoms with van der Waals surface area (Å²) >= 11 is 2.01. The smallest absolute Gasteiger partial charge is 0.263 e. The summed E-state index contributed by atoms with van der Waals surface area (Å²) in [6.45, 7) is 3.72. The lowest BCUT2D eigenvalue weighted by Gasteiger charge is -2.44. The first-order valence-corrected chi connectivity index (χ1v) is 14.8. The van der Waals surface area contributed by atoms with E-state index in [2.05, 4.69) is 0 Å². The van der Waals surface area contributed by atoms with Crippen molar-refractivity contribution in [2.45, 2.75) is 23.6 Å². The van der Waals surface area contributed by atoms with Gasteiger partial charge in [0.1, 0.15) is 0 Å². The van der Waals surface area contributed by atoms with Gasteiger partial charge in [0, 0.05) is 23.7 Å². The van der Waals surface area contributed by atoms with Crippen LogP contribution in [0.15, 0.2) is 91.9 Å². The summed E-state index contributed by atoms with van der Waals surface area (Å²) < 4.78 is 57.2. The van der Waals surface area contributed by atoms with Crippen LogP contribution in [0.5, 0.6) is 0 Å². The van der Waals surface area contributed by atoms with E-state index >= 15 is 0 Å². The van der Waals surface area contributed by atoms with Crippen molar-refractivity contribution in [3.8, 4) is 0 Å².